The lowest BCUT2D eigenvalue weighted by Crippen LogP contribution is -2.45. The Morgan fingerprint density at radius 3 is 2.80 bits per heavy atom. The molecule has 132 valence electrons. The molecule has 2 aliphatic heterocycles. The summed E-state index contributed by atoms with van der Waals surface area (Å²) in [7, 11) is 1.72. The van der Waals surface area contributed by atoms with Gasteiger partial charge in [0, 0.05) is 36.3 Å². The van der Waals surface area contributed by atoms with E-state index in [1.54, 1.807) is 19.2 Å². The van der Waals surface area contributed by atoms with Crippen molar-refractivity contribution in [1.82, 2.24) is 30.4 Å². The number of rotatable bonds is 3. The van der Waals surface area contributed by atoms with Crippen LogP contribution in [0.3, 0.4) is 0 Å². The van der Waals surface area contributed by atoms with Gasteiger partial charge in [0.05, 0.1) is 19.8 Å². The van der Waals surface area contributed by atoms with Crippen molar-refractivity contribution in [3.8, 4) is 11.4 Å². The average Bonchev–Trinajstić information content (AvgIpc) is 3.20. The van der Waals surface area contributed by atoms with E-state index < -0.39 is 0 Å². The van der Waals surface area contributed by atoms with Crippen LogP contribution < -0.4 is 5.32 Å². The van der Waals surface area contributed by atoms with Gasteiger partial charge in [-0.2, -0.15) is 4.80 Å². The molecule has 1 amide bonds. The second-order valence-electron chi connectivity index (χ2n) is 6.84. The van der Waals surface area contributed by atoms with Crippen LogP contribution in [0, 0.1) is 0 Å². The molecule has 25 heavy (non-hydrogen) atoms. The second-order valence-corrected chi connectivity index (χ2v) is 6.84. The van der Waals surface area contributed by atoms with Crippen molar-refractivity contribution in [3.05, 3.63) is 29.8 Å². The zero-order valence-electron chi connectivity index (χ0n) is 14.4. The number of ether oxygens (including phenoxy) is 1. The minimum Gasteiger partial charge on any atom is -0.376 e. The maximum atomic E-state index is 12.5. The fourth-order valence-corrected chi connectivity index (χ4v) is 3.58. The first-order valence-electron chi connectivity index (χ1n) is 8.59. The summed E-state index contributed by atoms with van der Waals surface area (Å²) < 4.78 is 5.71. The van der Waals surface area contributed by atoms with Gasteiger partial charge in [-0.15, -0.1) is 10.2 Å². The van der Waals surface area contributed by atoms with Gasteiger partial charge in [-0.3, -0.25) is 9.69 Å². The van der Waals surface area contributed by atoms with E-state index in [9.17, 15) is 4.79 Å². The van der Waals surface area contributed by atoms with Gasteiger partial charge in [0.1, 0.15) is 0 Å². The maximum absolute atomic E-state index is 12.5. The van der Waals surface area contributed by atoms with Crippen LogP contribution >= 0.6 is 0 Å². The van der Waals surface area contributed by atoms with Crippen molar-refractivity contribution in [3.63, 3.8) is 0 Å². The standard InChI is InChI=1S/C17H22N6O2/c1-11-8-23-9-14(7-15(23)10-25-11)18-17(24)13-5-3-12(4-6-13)16-19-21-22(2)20-16/h3-6,11,14-15H,7-10H2,1-2H3,(H,18,24)/t11-,14-,15-/m0/s1. The molecule has 2 fully saturated rings. The number of nitrogens with one attached hydrogen (secondary N) is 1. The third-order valence-electron chi connectivity index (χ3n) is 4.84. The van der Waals surface area contributed by atoms with Crippen LogP contribution in [0.25, 0.3) is 11.4 Å². The Morgan fingerprint density at radius 2 is 2.08 bits per heavy atom. The molecule has 0 spiro atoms. The molecule has 3 heterocycles. The van der Waals surface area contributed by atoms with Crippen molar-refractivity contribution >= 4 is 5.91 Å². The van der Waals surface area contributed by atoms with Gasteiger partial charge < -0.3 is 10.1 Å². The quantitative estimate of drug-likeness (QED) is 0.873. The number of aryl methyl sites for hydroxylation is 1. The summed E-state index contributed by atoms with van der Waals surface area (Å²) in [5, 5.41) is 15.1. The van der Waals surface area contributed by atoms with Gasteiger partial charge in [-0.05, 0) is 30.7 Å². The average molecular weight is 342 g/mol. The van der Waals surface area contributed by atoms with E-state index in [0.29, 0.717) is 17.4 Å². The van der Waals surface area contributed by atoms with Crippen LogP contribution in [-0.2, 0) is 11.8 Å². The van der Waals surface area contributed by atoms with Gasteiger partial charge in [0.2, 0.25) is 5.82 Å². The maximum Gasteiger partial charge on any atom is 0.251 e. The smallest absolute Gasteiger partial charge is 0.251 e. The molecule has 1 aromatic carbocycles. The molecule has 2 aliphatic rings. The van der Waals surface area contributed by atoms with E-state index in [2.05, 4.69) is 32.6 Å². The van der Waals surface area contributed by atoms with Crippen LogP contribution in [-0.4, -0.2) is 68.9 Å². The van der Waals surface area contributed by atoms with E-state index in [1.807, 2.05) is 12.1 Å². The lowest BCUT2D eigenvalue weighted by atomic mass is 10.1. The number of hydrogen-bond acceptors (Lipinski definition) is 6. The normalized spacial score (nSPS) is 26.4. The van der Waals surface area contributed by atoms with Crippen molar-refractivity contribution in [2.45, 2.75) is 31.5 Å². The molecule has 2 aromatic rings. The number of carbonyl (C=O) groups is 1. The highest BCUT2D eigenvalue weighted by Crippen LogP contribution is 2.23. The summed E-state index contributed by atoms with van der Waals surface area (Å²) in [6.07, 6.45) is 1.22. The Morgan fingerprint density at radius 1 is 1.28 bits per heavy atom. The van der Waals surface area contributed by atoms with Gasteiger partial charge >= 0.3 is 0 Å². The number of nitrogens with zero attached hydrogens (tertiary/aromatic N) is 5. The monoisotopic (exact) mass is 342 g/mol. The Bertz CT molecular complexity index is 759. The van der Waals surface area contributed by atoms with Crippen molar-refractivity contribution in [1.29, 1.82) is 0 Å². The zero-order chi connectivity index (χ0) is 17.4. The number of amides is 1. The summed E-state index contributed by atoms with van der Waals surface area (Å²) in [6.45, 7) is 4.69. The third kappa shape index (κ3) is 3.40. The largest absolute Gasteiger partial charge is 0.376 e. The van der Waals surface area contributed by atoms with Crippen molar-refractivity contribution in [2.75, 3.05) is 19.7 Å². The number of morpholine rings is 1. The molecule has 2 saturated heterocycles. The molecule has 8 heteroatoms. The van der Waals surface area contributed by atoms with E-state index in [1.165, 1.54) is 4.80 Å². The molecule has 0 unspecified atom stereocenters. The third-order valence-corrected chi connectivity index (χ3v) is 4.84. The van der Waals surface area contributed by atoms with E-state index >= 15 is 0 Å². The summed E-state index contributed by atoms with van der Waals surface area (Å²) in [5.74, 6) is 0.508. The molecule has 1 aromatic heterocycles. The molecule has 0 bridgehead atoms. The van der Waals surface area contributed by atoms with Crippen LogP contribution in [0.15, 0.2) is 24.3 Å². The Hall–Kier alpha value is -2.32. The van der Waals surface area contributed by atoms with Crippen LogP contribution in [0.5, 0.6) is 0 Å². The number of carbonyl (C=O) groups excluding carboxylic acids is 1. The fourth-order valence-electron chi connectivity index (χ4n) is 3.58. The predicted octanol–water partition coefficient (Wildman–Crippen LogP) is 0.468. The SMILES string of the molecule is C[C@H]1CN2C[C@@H](NC(=O)c3ccc(-c4nnn(C)n4)cc3)C[C@H]2CO1. The number of hydrogen-bond donors (Lipinski definition) is 1. The Kier molecular flexibility index (Phi) is 4.22. The lowest BCUT2D eigenvalue weighted by molar-refractivity contribution is -0.0390. The van der Waals surface area contributed by atoms with Crippen molar-refractivity contribution in [2.24, 2.45) is 7.05 Å². The Balaban J connectivity index is 1.38. The van der Waals surface area contributed by atoms with E-state index in [0.717, 1.165) is 31.7 Å². The minimum atomic E-state index is -0.0440. The fraction of sp³-hybridized carbons (Fsp3) is 0.529. The summed E-state index contributed by atoms with van der Waals surface area (Å²) in [6, 6.07) is 7.89. The highest BCUT2D eigenvalue weighted by molar-refractivity contribution is 5.94. The molecule has 3 atom stereocenters. The van der Waals surface area contributed by atoms with Gasteiger partial charge in [-0.25, -0.2) is 0 Å². The first-order chi connectivity index (χ1) is 12.1. The van der Waals surface area contributed by atoms with E-state index in [-0.39, 0.29) is 18.1 Å². The Labute approximate surface area is 146 Å². The number of tetrazole rings is 1. The molecule has 4 rings (SSSR count). The molecule has 0 saturated carbocycles. The molecule has 0 aliphatic carbocycles. The van der Waals surface area contributed by atoms with Gasteiger partial charge in [-0.1, -0.05) is 12.1 Å². The van der Waals surface area contributed by atoms with Gasteiger partial charge in [0.25, 0.3) is 5.91 Å². The van der Waals surface area contributed by atoms with Crippen LogP contribution in [0.2, 0.25) is 0 Å². The summed E-state index contributed by atoms with van der Waals surface area (Å²) in [4.78, 5) is 16.3. The second kappa shape index (κ2) is 6.53. The van der Waals surface area contributed by atoms with Crippen molar-refractivity contribution < 1.29 is 9.53 Å². The van der Waals surface area contributed by atoms with Crippen LogP contribution in [0.1, 0.15) is 23.7 Å². The molecular formula is C17H22N6O2. The number of fused-ring (bicyclic) bond motifs is 1. The zero-order valence-corrected chi connectivity index (χ0v) is 14.4. The molecular weight excluding hydrogens is 320 g/mol. The summed E-state index contributed by atoms with van der Waals surface area (Å²) >= 11 is 0. The van der Waals surface area contributed by atoms with Crippen LogP contribution in [0.4, 0.5) is 0 Å². The first-order valence-corrected chi connectivity index (χ1v) is 8.59. The number of benzene rings is 1. The predicted molar refractivity (Wildman–Crippen MR) is 90.9 cm³/mol. The lowest BCUT2D eigenvalue weighted by Gasteiger charge is -2.33. The summed E-state index contributed by atoms with van der Waals surface area (Å²) in [5.41, 5.74) is 1.48. The molecule has 1 N–H and O–H groups in total. The first kappa shape index (κ1) is 16.2. The number of aromatic nitrogens is 4. The minimum absolute atomic E-state index is 0.0440. The van der Waals surface area contributed by atoms with E-state index in [4.69, 9.17) is 4.74 Å². The van der Waals surface area contributed by atoms with Gasteiger partial charge in [0.15, 0.2) is 0 Å². The highest BCUT2D eigenvalue weighted by Gasteiger charge is 2.36. The molecule has 0 radical (unpaired) electrons. The molecule has 8 nitrogen and oxygen atoms in total. The highest BCUT2D eigenvalue weighted by atomic mass is 16.5. The topological polar surface area (TPSA) is 85.2 Å².